The molecule has 2 unspecified atom stereocenters. The third kappa shape index (κ3) is 2.29. The van der Waals surface area contributed by atoms with E-state index >= 15 is 0 Å². The molecule has 1 fully saturated rings. The lowest BCUT2D eigenvalue weighted by Crippen LogP contribution is -2.41. The molecule has 11 heavy (non-hydrogen) atoms. The van der Waals surface area contributed by atoms with Crippen LogP contribution < -0.4 is 5.32 Å². The minimum atomic E-state index is -0.852. The number of piperidine rings is 1. The summed E-state index contributed by atoms with van der Waals surface area (Å²) in [6.45, 7) is 6.32. The van der Waals surface area contributed by atoms with Crippen molar-refractivity contribution in [3.05, 3.63) is 12.2 Å². The van der Waals surface area contributed by atoms with Crippen LogP contribution in [0.5, 0.6) is 0 Å². The van der Waals surface area contributed by atoms with Gasteiger partial charge in [-0.2, -0.15) is 0 Å². The Morgan fingerprint density at radius 3 is 2.82 bits per heavy atom. The Labute approximate surface area is 67.7 Å². The summed E-state index contributed by atoms with van der Waals surface area (Å²) in [6, 6.07) is 0.0289. The van der Waals surface area contributed by atoms with Crippen LogP contribution in [0, 0.1) is 0 Å². The van der Waals surface area contributed by atoms with Gasteiger partial charge in [-0.15, -0.1) is 0 Å². The topological polar surface area (TPSA) is 12.0 Å². The number of halogens is 1. The molecule has 0 spiro atoms. The number of hydrogen-bond donors (Lipinski definition) is 1. The molecule has 0 aliphatic carbocycles. The highest BCUT2D eigenvalue weighted by Gasteiger charge is 2.22. The van der Waals surface area contributed by atoms with Gasteiger partial charge in [0, 0.05) is 6.04 Å². The molecule has 0 saturated carbocycles. The van der Waals surface area contributed by atoms with E-state index in [0.29, 0.717) is 5.57 Å². The summed E-state index contributed by atoms with van der Waals surface area (Å²) in [4.78, 5) is 0. The van der Waals surface area contributed by atoms with Crippen molar-refractivity contribution in [1.82, 2.24) is 5.32 Å². The van der Waals surface area contributed by atoms with Crippen LogP contribution >= 0.6 is 0 Å². The molecule has 1 saturated heterocycles. The van der Waals surface area contributed by atoms with E-state index < -0.39 is 6.17 Å². The molecule has 0 aromatic carbocycles. The number of hydrogen-bond acceptors (Lipinski definition) is 1. The second kappa shape index (κ2) is 3.86. The second-order valence-electron chi connectivity index (χ2n) is 3.30. The third-order valence-corrected chi connectivity index (χ3v) is 2.17. The van der Waals surface area contributed by atoms with Gasteiger partial charge >= 0.3 is 0 Å². The Morgan fingerprint density at radius 2 is 2.36 bits per heavy atom. The van der Waals surface area contributed by atoms with E-state index in [9.17, 15) is 4.39 Å². The highest BCUT2D eigenvalue weighted by atomic mass is 19.1. The molecule has 1 nitrogen and oxygen atoms in total. The molecule has 2 atom stereocenters. The SMILES string of the molecule is C=C(C)C(F)C1CCCCN1. The van der Waals surface area contributed by atoms with E-state index in [4.69, 9.17) is 0 Å². The average molecular weight is 157 g/mol. The lowest BCUT2D eigenvalue weighted by atomic mass is 9.97. The molecule has 64 valence electrons. The van der Waals surface area contributed by atoms with Gasteiger partial charge < -0.3 is 5.32 Å². The van der Waals surface area contributed by atoms with Gasteiger partial charge in [-0.05, 0) is 31.9 Å². The summed E-state index contributed by atoms with van der Waals surface area (Å²) >= 11 is 0. The molecule has 0 aromatic rings. The molecule has 1 aliphatic heterocycles. The molecule has 0 bridgehead atoms. The van der Waals surface area contributed by atoms with E-state index in [1.54, 1.807) is 6.92 Å². The monoisotopic (exact) mass is 157 g/mol. The van der Waals surface area contributed by atoms with Gasteiger partial charge in [-0.1, -0.05) is 13.0 Å². The van der Waals surface area contributed by atoms with E-state index in [2.05, 4.69) is 11.9 Å². The van der Waals surface area contributed by atoms with E-state index in [1.807, 2.05) is 0 Å². The maximum absolute atomic E-state index is 13.2. The van der Waals surface area contributed by atoms with Gasteiger partial charge in [0.05, 0.1) is 0 Å². The van der Waals surface area contributed by atoms with Crippen molar-refractivity contribution in [2.24, 2.45) is 0 Å². The second-order valence-corrected chi connectivity index (χ2v) is 3.30. The van der Waals surface area contributed by atoms with Crippen LogP contribution in [0.4, 0.5) is 4.39 Å². The zero-order valence-electron chi connectivity index (χ0n) is 7.07. The molecule has 1 aliphatic rings. The van der Waals surface area contributed by atoms with Crippen LogP contribution in [0.15, 0.2) is 12.2 Å². The normalized spacial score (nSPS) is 28.0. The first kappa shape index (κ1) is 8.72. The fraction of sp³-hybridized carbons (Fsp3) is 0.778. The summed E-state index contributed by atoms with van der Waals surface area (Å²) in [5.74, 6) is 0. The van der Waals surface area contributed by atoms with Crippen LogP contribution in [0.3, 0.4) is 0 Å². The average Bonchev–Trinajstić information content (AvgIpc) is 2.05. The van der Waals surface area contributed by atoms with Crippen molar-refractivity contribution in [2.45, 2.75) is 38.4 Å². The van der Waals surface area contributed by atoms with Gasteiger partial charge in [-0.3, -0.25) is 0 Å². The zero-order chi connectivity index (χ0) is 8.27. The maximum atomic E-state index is 13.2. The summed E-state index contributed by atoms with van der Waals surface area (Å²) < 4.78 is 13.2. The van der Waals surface area contributed by atoms with Crippen molar-refractivity contribution < 1.29 is 4.39 Å². The number of rotatable bonds is 2. The van der Waals surface area contributed by atoms with Gasteiger partial charge in [0.25, 0.3) is 0 Å². The number of nitrogens with one attached hydrogen (secondary N) is 1. The largest absolute Gasteiger partial charge is 0.311 e. The summed E-state index contributed by atoms with van der Waals surface area (Å²) in [5, 5.41) is 3.16. The number of alkyl halides is 1. The van der Waals surface area contributed by atoms with Crippen molar-refractivity contribution in [3.63, 3.8) is 0 Å². The minimum Gasteiger partial charge on any atom is -0.311 e. The van der Waals surface area contributed by atoms with Crippen LogP contribution in [0.2, 0.25) is 0 Å². The Morgan fingerprint density at radius 1 is 1.64 bits per heavy atom. The fourth-order valence-corrected chi connectivity index (χ4v) is 1.47. The molecule has 2 heteroatoms. The molecular formula is C9H16FN. The highest BCUT2D eigenvalue weighted by molar-refractivity contribution is 5.03. The Balaban J connectivity index is 2.38. The van der Waals surface area contributed by atoms with Gasteiger partial charge in [0.1, 0.15) is 6.17 Å². The van der Waals surface area contributed by atoms with Crippen molar-refractivity contribution in [2.75, 3.05) is 6.54 Å². The predicted molar refractivity (Wildman–Crippen MR) is 45.4 cm³/mol. The summed E-state index contributed by atoms with van der Waals surface area (Å²) in [6.07, 6.45) is 2.43. The van der Waals surface area contributed by atoms with Crippen LogP contribution in [0.1, 0.15) is 26.2 Å². The predicted octanol–water partition coefficient (Wildman–Crippen LogP) is 2.04. The molecular weight excluding hydrogens is 141 g/mol. The Bertz CT molecular complexity index is 138. The van der Waals surface area contributed by atoms with Gasteiger partial charge in [-0.25, -0.2) is 4.39 Å². The van der Waals surface area contributed by atoms with Crippen LogP contribution in [-0.2, 0) is 0 Å². The third-order valence-electron chi connectivity index (χ3n) is 2.17. The molecule has 0 amide bonds. The van der Waals surface area contributed by atoms with Gasteiger partial charge in [0.2, 0.25) is 0 Å². The van der Waals surface area contributed by atoms with Crippen LogP contribution in [0.25, 0.3) is 0 Å². The molecule has 1 N–H and O–H groups in total. The van der Waals surface area contributed by atoms with E-state index in [1.165, 1.54) is 6.42 Å². The van der Waals surface area contributed by atoms with Crippen LogP contribution in [-0.4, -0.2) is 18.8 Å². The van der Waals surface area contributed by atoms with Crippen molar-refractivity contribution in [3.8, 4) is 0 Å². The lowest BCUT2D eigenvalue weighted by Gasteiger charge is -2.26. The quantitative estimate of drug-likeness (QED) is 0.605. The first-order valence-corrected chi connectivity index (χ1v) is 4.24. The molecule has 1 heterocycles. The van der Waals surface area contributed by atoms with E-state index in [0.717, 1.165) is 19.4 Å². The van der Waals surface area contributed by atoms with E-state index in [-0.39, 0.29) is 6.04 Å². The highest BCUT2D eigenvalue weighted by Crippen LogP contribution is 2.17. The molecule has 0 radical (unpaired) electrons. The van der Waals surface area contributed by atoms with Gasteiger partial charge in [0.15, 0.2) is 0 Å². The maximum Gasteiger partial charge on any atom is 0.136 e. The molecule has 0 aromatic heterocycles. The first-order chi connectivity index (χ1) is 5.22. The summed E-state index contributed by atoms with van der Waals surface area (Å²) in [5.41, 5.74) is 0.643. The standard InChI is InChI=1S/C9H16FN/c1-7(2)9(10)8-5-3-4-6-11-8/h8-9,11H,1,3-6H2,2H3. The van der Waals surface area contributed by atoms with Crippen molar-refractivity contribution >= 4 is 0 Å². The Hall–Kier alpha value is -0.370. The Kier molecular flexibility index (Phi) is 3.06. The first-order valence-electron chi connectivity index (χ1n) is 4.24. The fourth-order valence-electron chi connectivity index (χ4n) is 1.47. The molecule has 1 rings (SSSR count). The smallest absolute Gasteiger partial charge is 0.136 e. The zero-order valence-corrected chi connectivity index (χ0v) is 7.07. The minimum absolute atomic E-state index is 0.0289. The van der Waals surface area contributed by atoms with Crippen molar-refractivity contribution in [1.29, 1.82) is 0 Å². The summed E-state index contributed by atoms with van der Waals surface area (Å²) in [7, 11) is 0. The lowest BCUT2D eigenvalue weighted by molar-refractivity contribution is 0.250.